The van der Waals surface area contributed by atoms with E-state index in [-0.39, 0.29) is 5.91 Å². The number of thioether (sulfide) groups is 1. The summed E-state index contributed by atoms with van der Waals surface area (Å²) in [6, 6.07) is 6.32. The van der Waals surface area contributed by atoms with Gasteiger partial charge in [0.15, 0.2) is 0 Å². The van der Waals surface area contributed by atoms with Crippen molar-refractivity contribution < 1.29 is 19.5 Å². The number of nitrogens with one attached hydrogen (secondary N) is 2. The Bertz CT molecular complexity index is 519. The van der Waals surface area contributed by atoms with Gasteiger partial charge in [-0.1, -0.05) is 0 Å². The van der Waals surface area contributed by atoms with Crippen LogP contribution in [0.4, 0.5) is 5.69 Å². The number of benzene rings is 1. The maximum atomic E-state index is 11.5. The van der Waals surface area contributed by atoms with Gasteiger partial charge < -0.3 is 21.5 Å². The highest BCUT2D eigenvalue weighted by molar-refractivity contribution is 7.99. The third-order valence-electron chi connectivity index (χ3n) is 2.35. The summed E-state index contributed by atoms with van der Waals surface area (Å²) in [6.45, 7) is 0.986. The van der Waals surface area contributed by atoms with Crippen molar-refractivity contribution in [2.45, 2.75) is 17.9 Å². The fourth-order valence-corrected chi connectivity index (χ4v) is 2.25. The first kappa shape index (κ1) is 17.0. The molecule has 8 heteroatoms. The Hall–Kier alpha value is -2.06. The highest BCUT2D eigenvalue weighted by atomic mass is 32.2. The van der Waals surface area contributed by atoms with Gasteiger partial charge in [-0.25, -0.2) is 0 Å². The summed E-state index contributed by atoms with van der Waals surface area (Å²) in [4.78, 5) is 33.6. The van der Waals surface area contributed by atoms with Gasteiger partial charge in [-0.15, -0.1) is 11.8 Å². The molecule has 0 heterocycles. The van der Waals surface area contributed by atoms with Gasteiger partial charge in [-0.2, -0.15) is 0 Å². The van der Waals surface area contributed by atoms with Gasteiger partial charge in [0, 0.05) is 23.3 Å². The maximum absolute atomic E-state index is 11.5. The van der Waals surface area contributed by atoms with E-state index in [0.717, 1.165) is 4.90 Å². The van der Waals surface area contributed by atoms with Crippen LogP contribution >= 0.6 is 11.8 Å². The first-order valence-electron chi connectivity index (χ1n) is 6.14. The third kappa shape index (κ3) is 6.77. The molecule has 0 fully saturated rings. The zero-order valence-corrected chi connectivity index (χ0v) is 12.3. The minimum Gasteiger partial charge on any atom is -0.480 e. The molecule has 114 valence electrons. The highest BCUT2D eigenvalue weighted by Gasteiger charge is 2.14. The van der Waals surface area contributed by atoms with Crippen molar-refractivity contribution in [3.05, 3.63) is 24.3 Å². The van der Waals surface area contributed by atoms with Crippen molar-refractivity contribution in [1.82, 2.24) is 5.32 Å². The standard InChI is InChI=1S/C13H17N3O4S/c1-8(17)16-9-2-4-10(5-3-9)21-7-11(14)13(20)15-6-12(18)19/h2-5,11H,6-7,14H2,1H3,(H,15,20)(H,16,17)(H,18,19)/t11-/m0/s1. The maximum Gasteiger partial charge on any atom is 0.322 e. The number of carbonyl (C=O) groups is 3. The summed E-state index contributed by atoms with van der Waals surface area (Å²) in [6.07, 6.45) is 0. The smallest absolute Gasteiger partial charge is 0.322 e. The van der Waals surface area contributed by atoms with Crippen LogP contribution in [-0.4, -0.2) is 41.2 Å². The van der Waals surface area contributed by atoms with Crippen LogP contribution in [0.15, 0.2) is 29.2 Å². The topological polar surface area (TPSA) is 122 Å². The molecule has 1 atom stereocenters. The SMILES string of the molecule is CC(=O)Nc1ccc(SC[C@H](N)C(=O)NCC(=O)O)cc1. The van der Waals surface area contributed by atoms with Gasteiger partial charge in [0.1, 0.15) is 6.54 Å². The molecule has 0 aromatic heterocycles. The van der Waals surface area contributed by atoms with E-state index >= 15 is 0 Å². The normalized spacial score (nSPS) is 11.5. The van der Waals surface area contributed by atoms with E-state index in [2.05, 4.69) is 10.6 Å². The fourth-order valence-electron chi connectivity index (χ4n) is 1.39. The second-order valence-corrected chi connectivity index (χ2v) is 5.33. The summed E-state index contributed by atoms with van der Waals surface area (Å²) in [7, 11) is 0. The zero-order valence-electron chi connectivity index (χ0n) is 11.5. The van der Waals surface area contributed by atoms with Crippen LogP contribution in [0.2, 0.25) is 0 Å². The fraction of sp³-hybridized carbons (Fsp3) is 0.308. The number of carboxylic acids is 1. The average molecular weight is 311 g/mol. The van der Waals surface area contributed by atoms with Crippen LogP contribution in [0.5, 0.6) is 0 Å². The predicted molar refractivity (Wildman–Crippen MR) is 80.1 cm³/mol. The van der Waals surface area contributed by atoms with Crippen LogP contribution in [0.3, 0.4) is 0 Å². The highest BCUT2D eigenvalue weighted by Crippen LogP contribution is 2.20. The number of aliphatic carboxylic acids is 1. The number of rotatable bonds is 7. The summed E-state index contributed by atoms with van der Waals surface area (Å²) in [5, 5.41) is 13.3. The van der Waals surface area contributed by atoms with Gasteiger partial charge in [0.2, 0.25) is 11.8 Å². The molecule has 0 saturated carbocycles. The Labute approximate surface area is 126 Å². The molecular formula is C13H17N3O4S. The van der Waals surface area contributed by atoms with Crippen LogP contribution in [0.1, 0.15) is 6.92 Å². The summed E-state index contributed by atoms with van der Waals surface area (Å²) < 4.78 is 0. The van der Waals surface area contributed by atoms with Crippen molar-refractivity contribution in [2.75, 3.05) is 17.6 Å². The van der Waals surface area contributed by atoms with E-state index in [4.69, 9.17) is 10.8 Å². The first-order valence-corrected chi connectivity index (χ1v) is 7.12. The van der Waals surface area contributed by atoms with Crippen molar-refractivity contribution in [3.8, 4) is 0 Å². The van der Waals surface area contributed by atoms with Crippen LogP contribution in [0.25, 0.3) is 0 Å². The summed E-state index contributed by atoms with van der Waals surface area (Å²) in [5.41, 5.74) is 6.35. The lowest BCUT2D eigenvalue weighted by atomic mass is 10.3. The molecule has 1 rings (SSSR count). The van der Waals surface area contributed by atoms with Crippen LogP contribution < -0.4 is 16.4 Å². The molecule has 0 unspecified atom stereocenters. The van der Waals surface area contributed by atoms with Gasteiger partial charge in [0.25, 0.3) is 0 Å². The number of hydrogen-bond donors (Lipinski definition) is 4. The third-order valence-corrected chi connectivity index (χ3v) is 3.49. The molecule has 0 aliphatic rings. The number of nitrogens with two attached hydrogens (primary N) is 1. The van der Waals surface area contributed by atoms with Gasteiger partial charge in [-0.3, -0.25) is 14.4 Å². The quantitative estimate of drug-likeness (QED) is 0.536. The van der Waals surface area contributed by atoms with Gasteiger partial charge in [-0.05, 0) is 24.3 Å². The molecule has 0 aliphatic carbocycles. The molecule has 0 saturated heterocycles. The number of carboxylic acid groups (broad SMARTS) is 1. The monoisotopic (exact) mass is 311 g/mol. The Morgan fingerprint density at radius 3 is 2.43 bits per heavy atom. The molecule has 0 bridgehead atoms. The number of amides is 2. The lowest BCUT2D eigenvalue weighted by Crippen LogP contribution is -2.44. The van der Waals surface area contributed by atoms with E-state index in [1.807, 2.05) is 0 Å². The number of hydrogen-bond acceptors (Lipinski definition) is 5. The van der Waals surface area contributed by atoms with Crippen LogP contribution in [0, 0.1) is 0 Å². The van der Waals surface area contributed by atoms with E-state index in [1.165, 1.54) is 18.7 Å². The molecular weight excluding hydrogens is 294 g/mol. The lowest BCUT2D eigenvalue weighted by molar-refractivity contribution is -0.138. The van der Waals surface area contributed by atoms with Crippen LogP contribution in [-0.2, 0) is 14.4 Å². The van der Waals surface area contributed by atoms with E-state index in [0.29, 0.717) is 11.4 Å². The minimum absolute atomic E-state index is 0.146. The number of carbonyl (C=O) groups excluding carboxylic acids is 2. The molecule has 21 heavy (non-hydrogen) atoms. The van der Waals surface area contributed by atoms with Crippen molar-refractivity contribution >= 4 is 35.2 Å². The molecule has 7 nitrogen and oxygen atoms in total. The van der Waals surface area contributed by atoms with Crippen molar-refractivity contribution in [2.24, 2.45) is 5.73 Å². The van der Waals surface area contributed by atoms with Gasteiger partial charge >= 0.3 is 5.97 Å². The van der Waals surface area contributed by atoms with E-state index < -0.39 is 24.5 Å². The summed E-state index contributed by atoms with van der Waals surface area (Å²) in [5.74, 6) is -1.44. The van der Waals surface area contributed by atoms with Crippen molar-refractivity contribution in [3.63, 3.8) is 0 Å². The van der Waals surface area contributed by atoms with E-state index in [9.17, 15) is 14.4 Å². The zero-order chi connectivity index (χ0) is 15.8. The number of anilines is 1. The first-order chi connectivity index (χ1) is 9.88. The Morgan fingerprint density at radius 2 is 1.90 bits per heavy atom. The average Bonchev–Trinajstić information content (AvgIpc) is 2.43. The molecule has 5 N–H and O–H groups in total. The predicted octanol–water partition coefficient (Wildman–Crippen LogP) is 0.265. The van der Waals surface area contributed by atoms with Crippen molar-refractivity contribution in [1.29, 1.82) is 0 Å². The molecule has 0 aliphatic heterocycles. The Morgan fingerprint density at radius 1 is 1.29 bits per heavy atom. The Kier molecular flexibility index (Phi) is 6.70. The largest absolute Gasteiger partial charge is 0.480 e. The molecule has 1 aromatic carbocycles. The van der Waals surface area contributed by atoms with Gasteiger partial charge in [0.05, 0.1) is 6.04 Å². The molecule has 2 amide bonds. The second-order valence-electron chi connectivity index (χ2n) is 4.23. The second kappa shape index (κ2) is 8.28. The molecule has 1 aromatic rings. The lowest BCUT2D eigenvalue weighted by Gasteiger charge is -2.11. The Balaban J connectivity index is 2.42. The molecule has 0 spiro atoms. The summed E-state index contributed by atoms with van der Waals surface area (Å²) >= 11 is 1.37. The minimum atomic E-state index is -1.11. The molecule has 0 radical (unpaired) electrons. The van der Waals surface area contributed by atoms with E-state index in [1.54, 1.807) is 24.3 Å².